The molecule has 0 amide bonds. The molecule has 1 aromatic carbocycles. The summed E-state index contributed by atoms with van der Waals surface area (Å²) in [6.07, 6.45) is 1.50. The van der Waals surface area contributed by atoms with E-state index in [-0.39, 0.29) is 17.5 Å². The van der Waals surface area contributed by atoms with Gasteiger partial charge in [-0.15, -0.1) is 0 Å². The Labute approximate surface area is 119 Å². The fraction of sp³-hybridized carbons (Fsp3) is 0.538. The van der Waals surface area contributed by atoms with Crippen molar-refractivity contribution < 1.29 is 13.5 Å². The number of hydrogen-bond donors (Lipinski definition) is 1. The summed E-state index contributed by atoms with van der Waals surface area (Å²) < 4.78 is 26.7. The van der Waals surface area contributed by atoms with E-state index in [1.807, 2.05) is 0 Å². The van der Waals surface area contributed by atoms with Gasteiger partial charge in [0.2, 0.25) is 10.0 Å². The third-order valence-corrected chi connectivity index (χ3v) is 6.08. The van der Waals surface area contributed by atoms with Crippen LogP contribution in [0.4, 0.5) is 0 Å². The minimum atomic E-state index is -3.56. The van der Waals surface area contributed by atoms with Gasteiger partial charge in [0.15, 0.2) is 0 Å². The van der Waals surface area contributed by atoms with Crippen LogP contribution in [0.1, 0.15) is 24.0 Å². The maximum atomic E-state index is 12.7. The summed E-state index contributed by atoms with van der Waals surface area (Å²) in [5, 5.41) is 9.85. The average Bonchev–Trinajstić information content (AvgIpc) is 2.82. The van der Waals surface area contributed by atoms with Gasteiger partial charge in [0, 0.05) is 17.6 Å². The van der Waals surface area contributed by atoms with Crippen LogP contribution in [-0.4, -0.2) is 37.0 Å². The summed E-state index contributed by atoms with van der Waals surface area (Å²) in [6, 6.07) is 2.98. The lowest BCUT2D eigenvalue weighted by molar-refractivity contribution is 0.213. The number of aliphatic hydroxyl groups excluding tert-OH is 1. The van der Waals surface area contributed by atoms with E-state index >= 15 is 0 Å². The van der Waals surface area contributed by atoms with Gasteiger partial charge >= 0.3 is 0 Å². The molecule has 0 spiro atoms. The molecule has 1 aliphatic rings. The smallest absolute Gasteiger partial charge is 0.243 e. The summed E-state index contributed by atoms with van der Waals surface area (Å²) in [6.45, 7) is 3.86. The molecule has 0 aromatic heterocycles. The third kappa shape index (κ3) is 2.65. The first-order valence-electron chi connectivity index (χ1n) is 6.27. The molecule has 6 heteroatoms. The highest BCUT2D eigenvalue weighted by molar-refractivity contribution is 7.89. The van der Waals surface area contributed by atoms with Crippen molar-refractivity contribution in [3.63, 3.8) is 0 Å². The largest absolute Gasteiger partial charge is 0.395 e. The number of aryl methyl sites for hydroxylation is 2. The molecule has 1 aliphatic heterocycles. The van der Waals surface area contributed by atoms with Crippen molar-refractivity contribution >= 4 is 21.6 Å². The van der Waals surface area contributed by atoms with Gasteiger partial charge in [-0.3, -0.25) is 0 Å². The molecule has 4 nitrogen and oxygen atoms in total. The molecule has 0 bridgehead atoms. The highest BCUT2D eigenvalue weighted by Gasteiger charge is 2.35. The molecule has 1 atom stereocenters. The molecule has 0 saturated carbocycles. The number of aliphatic hydroxyl groups is 1. The highest BCUT2D eigenvalue weighted by atomic mass is 35.5. The molecule has 19 heavy (non-hydrogen) atoms. The van der Waals surface area contributed by atoms with Gasteiger partial charge in [-0.25, -0.2) is 8.42 Å². The summed E-state index contributed by atoms with van der Waals surface area (Å²) in [5.41, 5.74) is 1.38. The van der Waals surface area contributed by atoms with Crippen LogP contribution in [0.2, 0.25) is 5.02 Å². The predicted octanol–water partition coefficient (Wildman–Crippen LogP) is 2.10. The van der Waals surface area contributed by atoms with Gasteiger partial charge in [0.05, 0.1) is 11.5 Å². The van der Waals surface area contributed by atoms with E-state index < -0.39 is 10.0 Å². The van der Waals surface area contributed by atoms with Crippen molar-refractivity contribution in [2.24, 2.45) is 0 Å². The Morgan fingerprint density at radius 3 is 2.68 bits per heavy atom. The first-order valence-corrected chi connectivity index (χ1v) is 8.09. The first kappa shape index (κ1) is 14.8. The number of nitrogens with zero attached hydrogens (tertiary/aromatic N) is 1. The molecule has 1 aromatic rings. The molecular weight excluding hydrogens is 286 g/mol. The van der Waals surface area contributed by atoms with Gasteiger partial charge < -0.3 is 5.11 Å². The molecular formula is C13H18ClNO3S. The lowest BCUT2D eigenvalue weighted by Crippen LogP contribution is -2.37. The fourth-order valence-corrected chi connectivity index (χ4v) is 4.66. The van der Waals surface area contributed by atoms with Gasteiger partial charge in [-0.05, 0) is 49.9 Å². The summed E-state index contributed by atoms with van der Waals surface area (Å²) in [5.74, 6) is 0. The summed E-state index contributed by atoms with van der Waals surface area (Å²) in [7, 11) is -3.56. The number of halogens is 1. The molecule has 2 rings (SSSR count). The van der Waals surface area contributed by atoms with E-state index in [0.717, 1.165) is 12.0 Å². The van der Waals surface area contributed by atoms with E-state index in [1.165, 1.54) is 4.31 Å². The van der Waals surface area contributed by atoms with Gasteiger partial charge in [-0.1, -0.05) is 11.6 Å². The van der Waals surface area contributed by atoms with E-state index in [2.05, 4.69) is 0 Å². The van der Waals surface area contributed by atoms with Crippen LogP contribution < -0.4 is 0 Å². The molecule has 1 saturated heterocycles. The molecule has 1 unspecified atom stereocenters. The zero-order valence-corrected chi connectivity index (χ0v) is 12.6. The number of benzene rings is 1. The lowest BCUT2D eigenvalue weighted by Gasteiger charge is -2.23. The molecule has 0 aliphatic carbocycles. The second-order valence-corrected chi connectivity index (χ2v) is 7.23. The molecule has 1 heterocycles. The molecule has 0 radical (unpaired) electrons. The monoisotopic (exact) mass is 303 g/mol. The summed E-state index contributed by atoms with van der Waals surface area (Å²) in [4.78, 5) is 0.287. The van der Waals surface area contributed by atoms with Crippen LogP contribution in [-0.2, 0) is 10.0 Å². The van der Waals surface area contributed by atoms with Gasteiger partial charge in [0.25, 0.3) is 0 Å². The van der Waals surface area contributed by atoms with Crippen LogP contribution >= 0.6 is 11.6 Å². The van der Waals surface area contributed by atoms with Crippen molar-refractivity contribution in [1.29, 1.82) is 0 Å². The quantitative estimate of drug-likeness (QED) is 0.930. The van der Waals surface area contributed by atoms with E-state index in [0.29, 0.717) is 23.6 Å². The van der Waals surface area contributed by atoms with Crippen LogP contribution in [0.3, 0.4) is 0 Å². The van der Waals surface area contributed by atoms with E-state index in [9.17, 15) is 13.5 Å². The standard InChI is InChI=1S/C13H18ClNO3S/c1-9-7-13(10(2)6-12(9)14)19(17,18)15-5-3-4-11(15)8-16/h6-7,11,16H,3-5,8H2,1-2H3. The van der Waals surface area contributed by atoms with Crippen LogP contribution in [0.15, 0.2) is 17.0 Å². The third-order valence-electron chi connectivity index (χ3n) is 3.58. The second-order valence-electron chi connectivity index (χ2n) is 4.96. The van der Waals surface area contributed by atoms with Crippen molar-refractivity contribution in [2.75, 3.05) is 13.2 Å². The van der Waals surface area contributed by atoms with Crippen LogP contribution in [0.5, 0.6) is 0 Å². The predicted molar refractivity (Wildman–Crippen MR) is 74.9 cm³/mol. The fourth-order valence-electron chi connectivity index (χ4n) is 2.47. The number of sulfonamides is 1. The average molecular weight is 304 g/mol. The van der Waals surface area contributed by atoms with Crippen LogP contribution in [0.25, 0.3) is 0 Å². The Kier molecular flexibility index (Phi) is 4.20. The second kappa shape index (κ2) is 5.40. The normalized spacial score (nSPS) is 20.9. The molecule has 1 fully saturated rings. The zero-order valence-electron chi connectivity index (χ0n) is 11.1. The SMILES string of the molecule is Cc1cc(S(=O)(=O)N2CCCC2CO)c(C)cc1Cl. The first-order chi connectivity index (χ1) is 8.87. The Morgan fingerprint density at radius 2 is 2.05 bits per heavy atom. The maximum absolute atomic E-state index is 12.7. The Bertz CT molecular complexity index is 586. The van der Waals surface area contributed by atoms with E-state index in [1.54, 1.807) is 26.0 Å². The minimum absolute atomic E-state index is 0.134. The van der Waals surface area contributed by atoms with Gasteiger partial charge in [0.1, 0.15) is 0 Å². The van der Waals surface area contributed by atoms with Crippen LogP contribution in [0, 0.1) is 13.8 Å². The summed E-state index contributed by atoms with van der Waals surface area (Å²) >= 11 is 6.00. The Morgan fingerprint density at radius 1 is 1.37 bits per heavy atom. The molecule has 1 N–H and O–H groups in total. The Hall–Kier alpha value is -0.620. The van der Waals surface area contributed by atoms with Crippen molar-refractivity contribution in [1.82, 2.24) is 4.31 Å². The van der Waals surface area contributed by atoms with Crippen molar-refractivity contribution in [2.45, 2.75) is 37.6 Å². The Balaban J connectivity index is 2.48. The highest BCUT2D eigenvalue weighted by Crippen LogP contribution is 2.30. The van der Waals surface area contributed by atoms with Crippen molar-refractivity contribution in [3.8, 4) is 0 Å². The maximum Gasteiger partial charge on any atom is 0.243 e. The lowest BCUT2D eigenvalue weighted by atomic mass is 10.2. The topological polar surface area (TPSA) is 57.6 Å². The van der Waals surface area contributed by atoms with Gasteiger partial charge in [-0.2, -0.15) is 4.31 Å². The molecule has 106 valence electrons. The van der Waals surface area contributed by atoms with E-state index in [4.69, 9.17) is 11.6 Å². The minimum Gasteiger partial charge on any atom is -0.395 e. The number of hydrogen-bond acceptors (Lipinski definition) is 3. The zero-order chi connectivity index (χ0) is 14.2. The number of rotatable bonds is 3. The van der Waals surface area contributed by atoms with Crippen molar-refractivity contribution in [3.05, 3.63) is 28.3 Å².